The third kappa shape index (κ3) is 3.57. The number of pyridine rings is 1. The molecule has 0 atom stereocenters. The monoisotopic (exact) mass is 372 g/mol. The number of rotatable bonds is 4. The Kier molecular flexibility index (Phi) is 5.16. The molecule has 0 saturated carbocycles. The number of nitrogens with one attached hydrogen (secondary N) is 1. The minimum absolute atomic E-state index is 0.103. The van der Waals surface area contributed by atoms with Gasteiger partial charge in [0.25, 0.3) is 5.91 Å². The molecule has 1 amide bonds. The quantitative estimate of drug-likeness (QED) is 0.678. The molecule has 3 rings (SSSR count). The molecule has 0 aliphatic rings. The molecule has 128 valence electrons. The summed E-state index contributed by atoms with van der Waals surface area (Å²) in [4.78, 5) is 26.5. The van der Waals surface area contributed by atoms with Gasteiger partial charge >= 0.3 is 0 Å². The van der Waals surface area contributed by atoms with Gasteiger partial charge in [0.2, 0.25) is 5.43 Å². The molecule has 0 bridgehead atoms. The number of aromatic nitrogens is 1. The number of aryl methyl sites for hydroxylation is 1. The van der Waals surface area contributed by atoms with E-state index in [0.29, 0.717) is 22.6 Å². The highest BCUT2D eigenvalue weighted by Crippen LogP contribution is 2.20. The summed E-state index contributed by atoms with van der Waals surface area (Å²) in [5.41, 5.74) is 1.20. The van der Waals surface area contributed by atoms with Gasteiger partial charge in [0.15, 0.2) is 0 Å². The zero-order chi connectivity index (χ0) is 18.0. The van der Waals surface area contributed by atoms with Crippen molar-refractivity contribution in [1.29, 1.82) is 0 Å². The Morgan fingerprint density at radius 2 is 2.04 bits per heavy atom. The number of fused-ring (bicyclic) bond motifs is 1. The second-order valence-corrected chi connectivity index (χ2v) is 6.82. The van der Waals surface area contributed by atoms with E-state index >= 15 is 0 Å². The van der Waals surface area contributed by atoms with Gasteiger partial charge in [0, 0.05) is 33.7 Å². The molecule has 25 heavy (non-hydrogen) atoms. The van der Waals surface area contributed by atoms with Crippen LogP contribution < -0.4 is 10.7 Å². The van der Waals surface area contributed by atoms with E-state index in [0.717, 1.165) is 10.4 Å². The lowest BCUT2D eigenvalue weighted by Crippen LogP contribution is -2.23. The Morgan fingerprint density at radius 3 is 2.76 bits per heavy atom. The molecule has 2 aromatic carbocycles. The summed E-state index contributed by atoms with van der Waals surface area (Å²) in [7, 11) is 0. The van der Waals surface area contributed by atoms with Crippen LogP contribution >= 0.6 is 23.4 Å². The highest BCUT2D eigenvalue weighted by molar-refractivity contribution is 7.98. The first kappa shape index (κ1) is 17.6. The normalized spacial score (nSPS) is 10.8. The van der Waals surface area contributed by atoms with Crippen LogP contribution in [0.4, 0.5) is 5.69 Å². The molecule has 4 nitrogen and oxygen atoms in total. The molecule has 0 unspecified atom stereocenters. The van der Waals surface area contributed by atoms with Crippen molar-refractivity contribution < 1.29 is 4.79 Å². The van der Waals surface area contributed by atoms with Crippen molar-refractivity contribution in [2.24, 2.45) is 0 Å². The smallest absolute Gasteiger partial charge is 0.261 e. The molecular weight excluding hydrogens is 356 g/mol. The Morgan fingerprint density at radius 1 is 1.24 bits per heavy atom. The first-order valence-electron chi connectivity index (χ1n) is 7.81. The number of nitrogens with zero attached hydrogens (tertiary/aromatic N) is 1. The lowest BCUT2D eigenvalue weighted by atomic mass is 10.1. The Balaban J connectivity index is 2.06. The fourth-order valence-electron chi connectivity index (χ4n) is 2.69. The maximum Gasteiger partial charge on any atom is 0.261 e. The van der Waals surface area contributed by atoms with Gasteiger partial charge in [-0.3, -0.25) is 9.59 Å². The van der Waals surface area contributed by atoms with Gasteiger partial charge in [-0.05, 0) is 49.6 Å². The highest BCUT2D eigenvalue weighted by atomic mass is 35.5. The number of halogens is 1. The van der Waals surface area contributed by atoms with Gasteiger partial charge in [0.1, 0.15) is 5.56 Å². The second kappa shape index (κ2) is 7.33. The number of hydrogen-bond acceptors (Lipinski definition) is 3. The van der Waals surface area contributed by atoms with Crippen LogP contribution in [0.3, 0.4) is 0 Å². The summed E-state index contributed by atoms with van der Waals surface area (Å²) in [5, 5.41) is 3.72. The van der Waals surface area contributed by atoms with Gasteiger partial charge in [0.05, 0.1) is 5.52 Å². The molecule has 6 heteroatoms. The summed E-state index contributed by atoms with van der Waals surface area (Å²) >= 11 is 7.62. The molecule has 0 radical (unpaired) electrons. The van der Waals surface area contributed by atoms with E-state index in [1.54, 1.807) is 42.2 Å². The number of thioether (sulfide) groups is 1. The number of carbonyl (C=O) groups excluding carboxylic acids is 1. The summed E-state index contributed by atoms with van der Waals surface area (Å²) in [6.07, 6.45) is 3.57. The summed E-state index contributed by atoms with van der Waals surface area (Å²) in [5.74, 6) is -0.424. The van der Waals surface area contributed by atoms with E-state index in [-0.39, 0.29) is 11.0 Å². The molecule has 0 fully saturated rings. The predicted molar refractivity (Wildman–Crippen MR) is 105 cm³/mol. The van der Waals surface area contributed by atoms with Crippen LogP contribution in [-0.4, -0.2) is 16.7 Å². The molecule has 3 aromatic rings. The number of carbonyl (C=O) groups is 1. The molecule has 0 spiro atoms. The van der Waals surface area contributed by atoms with E-state index in [9.17, 15) is 9.59 Å². The molecule has 1 N–H and O–H groups in total. The van der Waals surface area contributed by atoms with Gasteiger partial charge in [-0.2, -0.15) is 0 Å². The van der Waals surface area contributed by atoms with E-state index in [1.807, 2.05) is 35.9 Å². The van der Waals surface area contributed by atoms with Crippen LogP contribution in [0.5, 0.6) is 0 Å². The zero-order valence-corrected chi connectivity index (χ0v) is 15.4. The highest BCUT2D eigenvalue weighted by Gasteiger charge is 2.16. The number of benzene rings is 2. The van der Waals surface area contributed by atoms with Crippen molar-refractivity contribution in [3.63, 3.8) is 0 Å². The third-order valence-corrected chi connectivity index (χ3v) is 4.92. The number of anilines is 1. The Labute approximate surface area is 154 Å². The first-order valence-corrected chi connectivity index (χ1v) is 9.42. The topological polar surface area (TPSA) is 51.1 Å². The Bertz CT molecular complexity index is 1010. The summed E-state index contributed by atoms with van der Waals surface area (Å²) in [6.45, 7) is 2.60. The summed E-state index contributed by atoms with van der Waals surface area (Å²) in [6, 6.07) is 12.6. The van der Waals surface area contributed by atoms with Gasteiger partial charge in [-0.15, -0.1) is 11.8 Å². The van der Waals surface area contributed by atoms with Crippen molar-refractivity contribution in [3.05, 3.63) is 69.5 Å². The van der Waals surface area contributed by atoms with Crippen molar-refractivity contribution in [2.75, 3.05) is 11.6 Å². The predicted octanol–water partition coefficient (Wildman–Crippen LogP) is 4.65. The van der Waals surface area contributed by atoms with Gasteiger partial charge in [-0.1, -0.05) is 17.7 Å². The fourth-order valence-corrected chi connectivity index (χ4v) is 3.32. The third-order valence-electron chi connectivity index (χ3n) is 3.96. The zero-order valence-electron chi connectivity index (χ0n) is 13.9. The lowest BCUT2D eigenvalue weighted by Gasteiger charge is -2.12. The van der Waals surface area contributed by atoms with Crippen molar-refractivity contribution in [3.8, 4) is 0 Å². The standard InChI is InChI=1S/C19H17ClN2O2S/c1-3-22-11-16(18(23)15-9-12(20)7-8-17(15)22)19(24)21-13-5-4-6-14(10-13)25-2/h4-11H,3H2,1-2H3,(H,21,24). The van der Waals surface area contributed by atoms with Crippen molar-refractivity contribution >= 4 is 45.9 Å². The minimum Gasteiger partial charge on any atom is -0.347 e. The number of amides is 1. The van der Waals surface area contributed by atoms with Gasteiger partial charge in [-0.25, -0.2) is 0 Å². The maximum atomic E-state index is 12.8. The van der Waals surface area contributed by atoms with Crippen molar-refractivity contribution in [1.82, 2.24) is 4.57 Å². The summed E-state index contributed by atoms with van der Waals surface area (Å²) < 4.78 is 1.88. The number of hydrogen-bond donors (Lipinski definition) is 1. The Hall–Kier alpha value is -2.24. The SMILES string of the molecule is CCn1cc(C(=O)Nc2cccc(SC)c2)c(=O)c2cc(Cl)ccc21. The molecule has 1 heterocycles. The maximum absolute atomic E-state index is 12.8. The van der Waals surface area contributed by atoms with E-state index in [2.05, 4.69) is 5.32 Å². The van der Waals surface area contributed by atoms with E-state index in [4.69, 9.17) is 11.6 Å². The second-order valence-electron chi connectivity index (χ2n) is 5.51. The lowest BCUT2D eigenvalue weighted by molar-refractivity contribution is 0.102. The van der Waals surface area contributed by atoms with Crippen LogP contribution in [0.15, 0.2) is 58.4 Å². The molecule has 1 aromatic heterocycles. The average molecular weight is 373 g/mol. The minimum atomic E-state index is -0.424. The van der Waals surface area contributed by atoms with Crippen LogP contribution in [-0.2, 0) is 6.54 Å². The molecule has 0 saturated heterocycles. The van der Waals surface area contributed by atoms with E-state index < -0.39 is 5.91 Å². The molecule has 0 aliphatic carbocycles. The van der Waals surface area contributed by atoms with Crippen LogP contribution in [0, 0.1) is 0 Å². The first-order chi connectivity index (χ1) is 12.0. The van der Waals surface area contributed by atoms with Crippen molar-refractivity contribution in [2.45, 2.75) is 18.4 Å². The van der Waals surface area contributed by atoms with Gasteiger partial charge < -0.3 is 9.88 Å². The largest absolute Gasteiger partial charge is 0.347 e. The van der Waals surface area contributed by atoms with Crippen LogP contribution in [0.25, 0.3) is 10.9 Å². The van der Waals surface area contributed by atoms with E-state index in [1.165, 1.54) is 0 Å². The van der Waals surface area contributed by atoms with Crippen LogP contribution in [0.2, 0.25) is 5.02 Å². The average Bonchev–Trinajstić information content (AvgIpc) is 2.62. The molecular formula is C19H17ClN2O2S. The fraction of sp³-hybridized carbons (Fsp3) is 0.158. The van der Waals surface area contributed by atoms with Crippen LogP contribution in [0.1, 0.15) is 17.3 Å². The molecule has 0 aliphatic heterocycles.